The number of nitrogens with one attached hydrogen (secondary N) is 1. The second kappa shape index (κ2) is 8.18. The molecule has 0 saturated heterocycles. The minimum atomic E-state index is 0.338. The van der Waals surface area contributed by atoms with E-state index in [0.29, 0.717) is 16.2 Å². The number of ether oxygens (including phenoxy) is 1. The SMILES string of the molecule is CC(C)=CCC[C@@]1(C)[C@@H]2CC[C@]34CCC[C@H]3[C@@]1(CCCOCc1ccccc1)C=[NH+][C@H]24. The average molecular weight is 421 g/mol. The monoisotopic (exact) mass is 420 g/mol. The largest absolute Gasteiger partial charge is 0.377 e. The van der Waals surface area contributed by atoms with Gasteiger partial charge in [-0.05, 0) is 82.1 Å². The molecule has 1 aromatic carbocycles. The summed E-state index contributed by atoms with van der Waals surface area (Å²) in [5.41, 5.74) is 4.11. The summed E-state index contributed by atoms with van der Waals surface area (Å²) in [6.45, 7) is 8.80. The molecule has 0 amide bonds. The summed E-state index contributed by atoms with van der Waals surface area (Å²) in [6, 6.07) is 11.4. The van der Waals surface area contributed by atoms with Crippen molar-refractivity contribution in [1.29, 1.82) is 0 Å². The van der Waals surface area contributed by atoms with Crippen LogP contribution in [0.15, 0.2) is 42.0 Å². The average Bonchev–Trinajstić information content (AvgIpc) is 3.36. The van der Waals surface area contributed by atoms with Gasteiger partial charge in [-0.3, -0.25) is 0 Å². The molecule has 3 fully saturated rings. The highest BCUT2D eigenvalue weighted by Gasteiger charge is 2.77. The van der Waals surface area contributed by atoms with Crippen molar-refractivity contribution in [3.63, 3.8) is 0 Å². The lowest BCUT2D eigenvalue weighted by Crippen LogP contribution is -2.93. The van der Waals surface area contributed by atoms with Gasteiger partial charge in [-0.15, -0.1) is 0 Å². The van der Waals surface area contributed by atoms with E-state index in [1.807, 2.05) is 0 Å². The summed E-state index contributed by atoms with van der Waals surface area (Å²) in [6.07, 6.45) is 17.4. The molecule has 4 bridgehead atoms. The third-order valence-electron chi connectivity index (χ3n) is 10.0. The molecule has 0 radical (unpaired) electrons. The van der Waals surface area contributed by atoms with Crippen LogP contribution in [0, 0.1) is 28.1 Å². The molecule has 2 heteroatoms. The highest BCUT2D eigenvalue weighted by atomic mass is 16.5. The molecule has 1 N–H and O–H groups in total. The van der Waals surface area contributed by atoms with Gasteiger partial charge in [0.25, 0.3) is 0 Å². The zero-order valence-electron chi connectivity index (χ0n) is 20.0. The van der Waals surface area contributed by atoms with Crippen LogP contribution in [-0.2, 0) is 11.3 Å². The minimum Gasteiger partial charge on any atom is -0.377 e. The van der Waals surface area contributed by atoms with Crippen molar-refractivity contribution in [2.45, 2.75) is 91.2 Å². The smallest absolute Gasteiger partial charge is 0.159 e. The quantitative estimate of drug-likeness (QED) is 0.416. The third kappa shape index (κ3) is 3.27. The summed E-state index contributed by atoms with van der Waals surface area (Å²) in [5, 5.41) is 0. The summed E-state index contributed by atoms with van der Waals surface area (Å²) >= 11 is 0. The van der Waals surface area contributed by atoms with Crippen LogP contribution in [0.3, 0.4) is 0 Å². The van der Waals surface area contributed by atoms with Crippen molar-refractivity contribution < 1.29 is 9.73 Å². The van der Waals surface area contributed by atoms with Crippen molar-refractivity contribution in [1.82, 2.24) is 0 Å². The maximum Gasteiger partial charge on any atom is 0.159 e. The number of hydrogen-bond acceptors (Lipinski definition) is 1. The lowest BCUT2D eigenvalue weighted by molar-refractivity contribution is -0.565. The van der Waals surface area contributed by atoms with Gasteiger partial charge in [0.15, 0.2) is 6.04 Å². The van der Waals surface area contributed by atoms with E-state index >= 15 is 0 Å². The Bertz CT molecular complexity index is 840. The molecule has 2 heterocycles. The molecule has 31 heavy (non-hydrogen) atoms. The third-order valence-corrected chi connectivity index (χ3v) is 10.0. The van der Waals surface area contributed by atoms with E-state index in [9.17, 15) is 0 Å². The van der Waals surface area contributed by atoms with Crippen LogP contribution < -0.4 is 4.99 Å². The first-order valence-electron chi connectivity index (χ1n) is 12.9. The Kier molecular flexibility index (Phi) is 5.65. The molecule has 3 saturated carbocycles. The summed E-state index contributed by atoms with van der Waals surface area (Å²) < 4.78 is 6.13. The summed E-state index contributed by atoms with van der Waals surface area (Å²) in [4.78, 5) is 4.02. The van der Waals surface area contributed by atoms with Gasteiger partial charge in [-0.1, -0.05) is 55.3 Å². The van der Waals surface area contributed by atoms with Crippen LogP contribution >= 0.6 is 0 Å². The molecule has 0 aromatic heterocycles. The molecule has 2 aliphatic heterocycles. The summed E-state index contributed by atoms with van der Waals surface area (Å²) in [7, 11) is 0. The van der Waals surface area contributed by atoms with Gasteiger partial charge in [0.2, 0.25) is 0 Å². The molecule has 0 unspecified atom stereocenters. The molecule has 1 spiro atoms. The molecule has 1 aromatic rings. The van der Waals surface area contributed by atoms with Crippen molar-refractivity contribution in [3.8, 4) is 0 Å². The van der Waals surface area contributed by atoms with Crippen LogP contribution in [0.1, 0.15) is 84.1 Å². The van der Waals surface area contributed by atoms with Crippen LogP contribution in [-0.4, -0.2) is 18.9 Å². The first-order valence-corrected chi connectivity index (χ1v) is 12.9. The lowest BCUT2D eigenvalue weighted by atomic mass is 9.40. The maximum absolute atomic E-state index is 6.13. The normalized spacial score (nSPS) is 39.6. The van der Waals surface area contributed by atoms with E-state index in [1.165, 1.54) is 68.9 Å². The Labute approximate surface area is 189 Å². The highest BCUT2D eigenvalue weighted by molar-refractivity contribution is 5.66. The molecule has 6 atom stereocenters. The standard InChI is InChI=1S/C29H41NO/c1-22(2)10-7-15-27(3)24-14-18-28-16-8-13-25(28)29(27,21-30-26(24)28)17-9-19-31-20-23-11-5-4-6-12-23/h4-6,10-12,21,24-26H,7-9,13-20H2,1-3H3/p+1/t24-,25-,26-,27+,28-,29-/m1/s1. The fourth-order valence-corrected chi connectivity index (χ4v) is 8.74. The van der Waals surface area contributed by atoms with E-state index in [2.05, 4.69) is 68.4 Å². The van der Waals surface area contributed by atoms with Gasteiger partial charge < -0.3 is 4.74 Å². The van der Waals surface area contributed by atoms with Crippen molar-refractivity contribution in [2.24, 2.45) is 28.1 Å². The van der Waals surface area contributed by atoms with E-state index in [1.54, 1.807) is 0 Å². The van der Waals surface area contributed by atoms with Gasteiger partial charge in [-0.25, -0.2) is 4.99 Å². The molecular weight excluding hydrogens is 378 g/mol. The molecular formula is C29H42NO+. The van der Waals surface area contributed by atoms with Crippen LogP contribution in [0.4, 0.5) is 0 Å². The number of rotatable bonds is 9. The van der Waals surface area contributed by atoms with Gasteiger partial charge >= 0.3 is 0 Å². The molecule has 3 aliphatic carbocycles. The number of allylic oxidation sites excluding steroid dienone is 2. The Morgan fingerprint density at radius 2 is 1.97 bits per heavy atom. The highest BCUT2D eigenvalue weighted by Crippen LogP contribution is 2.74. The molecule has 5 aliphatic rings. The van der Waals surface area contributed by atoms with E-state index < -0.39 is 0 Å². The topological polar surface area (TPSA) is 23.2 Å². The van der Waals surface area contributed by atoms with Gasteiger partial charge in [0.05, 0.1) is 12.0 Å². The fraction of sp³-hybridized carbons (Fsp3) is 0.690. The summed E-state index contributed by atoms with van der Waals surface area (Å²) in [5.74, 6) is 1.73. The second-order valence-corrected chi connectivity index (χ2v) is 11.5. The van der Waals surface area contributed by atoms with Crippen molar-refractivity contribution in [2.75, 3.05) is 6.61 Å². The zero-order valence-corrected chi connectivity index (χ0v) is 20.0. The van der Waals surface area contributed by atoms with Crippen molar-refractivity contribution >= 4 is 6.21 Å². The molecule has 2 nitrogen and oxygen atoms in total. The number of benzene rings is 1. The van der Waals surface area contributed by atoms with E-state index in [-0.39, 0.29) is 0 Å². The first-order chi connectivity index (χ1) is 15.0. The predicted octanol–water partition coefficient (Wildman–Crippen LogP) is 5.47. The Hall–Kier alpha value is -1.41. The fourth-order valence-electron chi connectivity index (χ4n) is 8.74. The molecule has 6 rings (SSSR count). The van der Waals surface area contributed by atoms with E-state index in [4.69, 9.17) is 4.74 Å². The Balaban J connectivity index is 1.34. The lowest BCUT2D eigenvalue weighted by Gasteiger charge is -2.62. The van der Waals surface area contributed by atoms with Crippen LogP contribution in [0.25, 0.3) is 0 Å². The zero-order chi connectivity index (χ0) is 21.5. The maximum atomic E-state index is 6.13. The van der Waals surface area contributed by atoms with E-state index in [0.717, 1.165) is 31.1 Å². The second-order valence-electron chi connectivity index (χ2n) is 11.5. The minimum absolute atomic E-state index is 0.338. The first kappa shape index (κ1) is 21.4. The predicted molar refractivity (Wildman–Crippen MR) is 128 cm³/mol. The van der Waals surface area contributed by atoms with Crippen LogP contribution in [0.5, 0.6) is 0 Å². The van der Waals surface area contributed by atoms with Gasteiger partial charge in [0.1, 0.15) is 6.21 Å². The van der Waals surface area contributed by atoms with Crippen molar-refractivity contribution in [3.05, 3.63) is 47.5 Å². The van der Waals surface area contributed by atoms with Crippen LogP contribution in [0.2, 0.25) is 0 Å². The number of hydrogen-bond donors (Lipinski definition) is 1. The van der Waals surface area contributed by atoms with Gasteiger partial charge in [0, 0.05) is 17.9 Å². The Morgan fingerprint density at radius 3 is 2.77 bits per heavy atom. The Morgan fingerprint density at radius 1 is 1.13 bits per heavy atom. The molecule has 168 valence electrons. The van der Waals surface area contributed by atoms with Gasteiger partial charge in [-0.2, -0.15) is 0 Å².